The average Bonchev–Trinajstić information content (AvgIpc) is 2.52. The van der Waals surface area contributed by atoms with Gasteiger partial charge in [0.25, 0.3) is 0 Å². The maximum absolute atomic E-state index is 10.5. The Balaban J connectivity index is 1.79. The van der Waals surface area contributed by atoms with Crippen molar-refractivity contribution in [1.29, 1.82) is 0 Å². The lowest BCUT2D eigenvalue weighted by molar-refractivity contribution is 0.111. The van der Waals surface area contributed by atoms with Crippen LogP contribution in [0.5, 0.6) is 17.2 Å². The topological polar surface area (TPSA) is 57.7 Å². The Hall–Kier alpha value is -2.56. The lowest BCUT2D eigenvalue weighted by atomic mass is 10.3. The molecule has 1 aromatic heterocycles. The average molecular weight is 273 g/mol. The molecule has 0 spiro atoms. The molecular formula is C15H15NO4. The highest BCUT2D eigenvalue weighted by Gasteiger charge is 2.02. The highest BCUT2D eigenvalue weighted by atomic mass is 16.5. The first-order chi connectivity index (χ1) is 9.83. The van der Waals surface area contributed by atoms with Crippen LogP contribution in [0.1, 0.15) is 10.5 Å². The molecule has 0 fully saturated rings. The van der Waals surface area contributed by atoms with Crippen LogP contribution in [0.4, 0.5) is 0 Å². The molecule has 2 rings (SSSR count). The van der Waals surface area contributed by atoms with Crippen LogP contribution in [-0.4, -0.2) is 31.6 Å². The van der Waals surface area contributed by atoms with E-state index in [9.17, 15) is 4.79 Å². The molecule has 1 heterocycles. The van der Waals surface area contributed by atoms with E-state index in [1.165, 1.54) is 6.20 Å². The normalized spacial score (nSPS) is 9.85. The molecule has 0 aliphatic rings. The Bertz CT molecular complexity index is 554. The standard InChI is InChI=1S/C15H15NO4/c1-18-14-4-2-3-5-15(14)20-9-8-19-13-7-6-12(11-17)16-10-13/h2-7,10-11H,8-9H2,1H3. The molecule has 0 saturated carbocycles. The van der Waals surface area contributed by atoms with Gasteiger partial charge in [0.1, 0.15) is 24.7 Å². The first-order valence-electron chi connectivity index (χ1n) is 6.13. The molecule has 0 amide bonds. The number of benzene rings is 1. The second kappa shape index (κ2) is 7.13. The third kappa shape index (κ3) is 3.71. The first-order valence-corrected chi connectivity index (χ1v) is 6.13. The van der Waals surface area contributed by atoms with E-state index in [-0.39, 0.29) is 0 Å². The monoisotopic (exact) mass is 273 g/mol. The van der Waals surface area contributed by atoms with Crippen molar-refractivity contribution in [3.05, 3.63) is 48.3 Å². The van der Waals surface area contributed by atoms with E-state index >= 15 is 0 Å². The zero-order valence-corrected chi connectivity index (χ0v) is 11.1. The third-order valence-corrected chi connectivity index (χ3v) is 2.56. The molecule has 0 N–H and O–H groups in total. The molecule has 20 heavy (non-hydrogen) atoms. The van der Waals surface area contributed by atoms with E-state index in [1.54, 1.807) is 19.2 Å². The Kier molecular flexibility index (Phi) is 4.94. The van der Waals surface area contributed by atoms with Crippen LogP contribution < -0.4 is 14.2 Å². The molecule has 104 valence electrons. The molecule has 0 radical (unpaired) electrons. The van der Waals surface area contributed by atoms with E-state index in [1.807, 2.05) is 24.3 Å². The molecule has 5 nitrogen and oxygen atoms in total. The van der Waals surface area contributed by atoms with Gasteiger partial charge in [-0.15, -0.1) is 0 Å². The predicted octanol–water partition coefficient (Wildman–Crippen LogP) is 2.36. The zero-order chi connectivity index (χ0) is 14.2. The minimum absolute atomic E-state index is 0.375. The van der Waals surface area contributed by atoms with Gasteiger partial charge in [0.05, 0.1) is 13.3 Å². The Morgan fingerprint density at radius 3 is 2.45 bits per heavy atom. The maximum Gasteiger partial charge on any atom is 0.168 e. The molecule has 1 aromatic carbocycles. The molecule has 0 aliphatic carbocycles. The molecule has 5 heteroatoms. The number of hydrogen-bond donors (Lipinski definition) is 0. The number of para-hydroxylation sites is 2. The molecule has 2 aromatic rings. The van der Waals surface area contributed by atoms with Crippen LogP contribution in [0.25, 0.3) is 0 Å². The fourth-order valence-corrected chi connectivity index (χ4v) is 1.60. The third-order valence-electron chi connectivity index (χ3n) is 2.56. The fraction of sp³-hybridized carbons (Fsp3) is 0.200. The predicted molar refractivity (Wildman–Crippen MR) is 73.6 cm³/mol. The van der Waals surface area contributed by atoms with Gasteiger partial charge < -0.3 is 14.2 Å². The van der Waals surface area contributed by atoms with Crippen molar-refractivity contribution in [3.63, 3.8) is 0 Å². The summed E-state index contributed by atoms with van der Waals surface area (Å²) in [5.41, 5.74) is 0.377. The fourth-order valence-electron chi connectivity index (χ4n) is 1.60. The summed E-state index contributed by atoms with van der Waals surface area (Å²) in [5.74, 6) is 1.96. The van der Waals surface area contributed by atoms with Crippen molar-refractivity contribution in [1.82, 2.24) is 4.98 Å². The maximum atomic E-state index is 10.5. The lowest BCUT2D eigenvalue weighted by Crippen LogP contribution is -2.09. The summed E-state index contributed by atoms with van der Waals surface area (Å²) in [6, 6.07) is 10.7. The number of aldehydes is 1. The first kappa shape index (κ1) is 13.9. The Labute approximate surface area is 117 Å². The second-order valence-corrected chi connectivity index (χ2v) is 3.88. The van der Waals surface area contributed by atoms with E-state index in [4.69, 9.17) is 14.2 Å². The van der Waals surface area contributed by atoms with Crippen LogP contribution >= 0.6 is 0 Å². The van der Waals surface area contributed by atoms with E-state index in [0.29, 0.717) is 42.4 Å². The van der Waals surface area contributed by atoms with Crippen molar-refractivity contribution >= 4 is 6.29 Å². The van der Waals surface area contributed by atoms with Gasteiger partial charge in [-0.2, -0.15) is 0 Å². The van der Waals surface area contributed by atoms with Crippen LogP contribution in [0.2, 0.25) is 0 Å². The summed E-state index contributed by atoms with van der Waals surface area (Å²) in [4.78, 5) is 14.4. The second-order valence-electron chi connectivity index (χ2n) is 3.88. The summed E-state index contributed by atoms with van der Waals surface area (Å²) in [6.45, 7) is 0.760. The van der Waals surface area contributed by atoms with E-state index in [0.717, 1.165) is 0 Å². The van der Waals surface area contributed by atoms with Gasteiger partial charge in [0.2, 0.25) is 0 Å². The molecule has 0 saturated heterocycles. The number of carbonyl (C=O) groups is 1. The van der Waals surface area contributed by atoms with Gasteiger partial charge in [-0.3, -0.25) is 4.79 Å². The summed E-state index contributed by atoms with van der Waals surface area (Å²) < 4.78 is 16.2. The molecule has 0 unspecified atom stereocenters. The summed E-state index contributed by atoms with van der Waals surface area (Å²) in [7, 11) is 1.60. The van der Waals surface area contributed by atoms with Crippen molar-refractivity contribution in [2.24, 2.45) is 0 Å². The summed E-state index contributed by atoms with van der Waals surface area (Å²) in [6.07, 6.45) is 2.20. The summed E-state index contributed by atoms with van der Waals surface area (Å²) >= 11 is 0. The van der Waals surface area contributed by atoms with Crippen LogP contribution in [0.15, 0.2) is 42.6 Å². The highest BCUT2D eigenvalue weighted by Crippen LogP contribution is 2.25. The number of carbonyl (C=O) groups excluding carboxylic acids is 1. The Morgan fingerprint density at radius 2 is 1.80 bits per heavy atom. The minimum atomic E-state index is 0.375. The molecule has 0 atom stereocenters. The van der Waals surface area contributed by atoms with Crippen LogP contribution in [0, 0.1) is 0 Å². The van der Waals surface area contributed by atoms with Gasteiger partial charge in [0.15, 0.2) is 17.8 Å². The summed E-state index contributed by atoms with van der Waals surface area (Å²) in [5, 5.41) is 0. The lowest BCUT2D eigenvalue weighted by Gasteiger charge is -2.10. The SMILES string of the molecule is COc1ccccc1OCCOc1ccc(C=O)nc1. The van der Waals surface area contributed by atoms with E-state index < -0.39 is 0 Å². The smallest absolute Gasteiger partial charge is 0.168 e. The van der Waals surface area contributed by atoms with Crippen molar-refractivity contribution < 1.29 is 19.0 Å². The quantitative estimate of drug-likeness (QED) is 0.572. The van der Waals surface area contributed by atoms with Gasteiger partial charge in [0, 0.05) is 0 Å². The van der Waals surface area contributed by atoms with Crippen LogP contribution in [0.3, 0.4) is 0 Å². The number of hydrogen-bond acceptors (Lipinski definition) is 5. The van der Waals surface area contributed by atoms with Crippen molar-refractivity contribution in [2.45, 2.75) is 0 Å². The molecule has 0 aliphatic heterocycles. The number of pyridine rings is 1. The number of aromatic nitrogens is 1. The number of methoxy groups -OCH3 is 1. The molecular weight excluding hydrogens is 258 g/mol. The number of rotatable bonds is 7. The highest BCUT2D eigenvalue weighted by molar-refractivity contribution is 5.71. The molecule has 0 bridgehead atoms. The van der Waals surface area contributed by atoms with E-state index in [2.05, 4.69) is 4.98 Å². The van der Waals surface area contributed by atoms with Gasteiger partial charge >= 0.3 is 0 Å². The Morgan fingerprint density at radius 1 is 1.05 bits per heavy atom. The number of ether oxygens (including phenoxy) is 3. The minimum Gasteiger partial charge on any atom is -0.493 e. The van der Waals surface area contributed by atoms with Gasteiger partial charge in [-0.25, -0.2) is 4.98 Å². The van der Waals surface area contributed by atoms with Gasteiger partial charge in [-0.05, 0) is 24.3 Å². The number of nitrogens with zero attached hydrogens (tertiary/aromatic N) is 1. The van der Waals surface area contributed by atoms with Crippen molar-refractivity contribution in [2.75, 3.05) is 20.3 Å². The largest absolute Gasteiger partial charge is 0.493 e. The van der Waals surface area contributed by atoms with Crippen molar-refractivity contribution in [3.8, 4) is 17.2 Å². The zero-order valence-electron chi connectivity index (χ0n) is 11.1. The van der Waals surface area contributed by atoms with Gasteiger partial charge in [-0.1, -0.05) is 12.1 Å². The van der Waals surface area contributed by atoms with Crippen LogP contribution in [-0.2, 0) is 0 Å².